The maximum atomic E-state index is 12.1. The summed E-state index contributed by atoms with van der Waals surface area (Å²) < 4.78 is 15.6. The van der Waals surface area contributed by atoms with E-state index < -0.39 is 23.8 Å². The van der Waals surface area contributed by atoms with Crippen LogP contribution < -0.4 is 0 Å². The average molecular weight is 352 g/mol. The largest absolute Gasteiger partial charge is 0.459 e. The second-order valence-electron chi connectivity index (χ2n) is 5.52. The average Bonchev–Trinajstić information content (AvgIpc) is 2.69. The van der Waals surface area contributed by atoms with Crippen molar-refractivity contribution in [2.24, 2.45) is 0 Å². The number of carbonyl (C=O) groups excluding carboxylic acids is 3. The molecule has 0 spiro atoms. The Morgan fingerprint density at radius 2 is 1.50 bits per heavy atom. The van der Waals surface area contributed by atoms with E-state index in [9.17, 15) is 14.4 Å². The first kappa shape index (κ1) is 17.6. The molecule has 2 aromatic carbocycles. The Morgan fingerprint density at radius 3 is 2.12 bits per heavy atom. The lowest BCUT2D eigenvalue weighted by Crippen LogP contribution is -2.31. The monoisotopic (exact) mass is 352 g/mol. The lowest BCUT2D eigenvalue weighted by molar-refractivity contribution is -0.126. The van der Waals surface area contributed by atoms with E-state index >= 15 is 0 Å². The van der Waals surface area contributed by atoms with Gasteiger partial charge in [-0.25, -0.2) is 9.59 Å². The van der Waals surface area contributed by atoms with Crippen molar-refractivity contribution in [1.82, 2.24) is 0 Å². The van der Waals surface area contributed by atoms with Gasteiger partial charge in [0, 0.05) is 0 Å². The number of esters is 2. The molecule has 0 bridgehead atoms. The standard InChI is InChI=1S/C20H16O6/c21-17-13-24-16(12-25-19(22)14-7-3-1-4-8-14)11-18(17)26-20(23)15-9-5-2-6-10-15/h1-11,16H,12-13H2. The summed E-state index contributed by atoms with van der Waals surface area (Å²) in [5.41, 5.74) is 0.749. The van der Waals surface area contributed by atoms with E-state index in [0.717, 1.165) is 0 Å². The molecule has 1 atom stereocenters. The van der Waals surface area contributed by atoms with Gasteiger partial charge in [-0.05, 0) is 30.3 Å². The number of rotatable bonds is 5. The molecule has 1 heterocycles. The van der Waals surface area contributed by atoms with Crippen LogP contribution in [-0.4, -0.2) is 37.0 Å². The van der Waals surface area contributed by atoms with Gasteiger partial charge in [-0.2, -0.15) is 0 Å². The molecule has 6 heteroatoms. The Morgan fingerprint density at radius 1 is 0.923 bits per heavy atom. The Bertz CT molecular complexity index is 826. The number of ketones is 1. The third kappa shape index (κ3) is 4.43. The first-order chi connectivity index (χ1) is 12.6. The molecule has 26 heavy (non-hydrogen) atoms. The molecule has 0 aromatic heterocycles. The van der Waals surface area contributed by atoms with Gasteiger partial charge in [0.25, 0.3) is 0 Å². The zero-order valence-electron chi connectivity index (χ0n) is 13.8. The first-order valence-electron chi connectivity index (χ1n) is 7.99. The van der Waals surface area contributed by atoms with E-state index in [1.54, 1.807) is 60.7 Å². The van der Waals surface area contributed by atoms with Crippen LogP contribution in [-0.2, 0) is 19.0 Å². The molecule has 0 saturated carbocycles. The van der Waals surface area contributed by atoms with Crippen LogP contribution in [0, 0.1) is 0 Å². The fourth-order valence-electron chi connectivity index (χ4n) is 2.30. The smallest absolute Gasteiger partial charge is 0.343 e. The summed E-state index contributed by atoms with van der Waals surface area (Å²) in [7, 11) is 0. The first-order valence-corrected chi connectivity index (χ1v) is 7.99. The van der Waals surface area contributed by atoms with Gasteiger partial charge >= 0.3 is 11.9 Å². The zero-order chi connectivity index (χ0) is 18.4. The fourth-order valence-corrected chi connectivity index (χ4v) is 2.30. The Labute approximate surface area is 150 Å². The second kappa shape index (κ2) is 8.22. The van der Waals surface area contributed by atoms with Gasteiger partial charge in [0.15, 0.2) is 5.76 Å². The molecule has 1 aliphatic heterocycles. The van der Waals surface area contributed by atoms with Gasteiger partial charge in [0.05, 0.1) is 11.1 Å². The predicted molar refractivity (Wildman–Crippen MR) is 91.4 cm³/mol. The molecule has 6 nitrogen and oxygen atoms in total. The summed E-state index contributed by atoms with van der Waals surface area (Å²) in [4.78, 5) is 35.9. The van der Waals surface area contributed by atoms with Crippen molar-refractivity contribution in [1.29, 1.82) is 0 Å². The van der Waals surface area contributed by atoms with Gasteiger partial charge in [-0.3, -0.25) is 4.79 Å². The van der Waals surface area contributed by atoms with Crippen molar-refractivity contribution < 1.29 is 28.6 Å². The SMILES string of the molecule is O=C1COC(COC(=O)c2ccccc2)C=C1OC(=O)c1ccccc1. The summed E-state index contributed by atoms with van der Waals surface area (Å²) in [6, 6.07) is 16.9. The summed E-state index contributed by atoms with van der Waals surface area (Å²) in [6.45, 7) is -0.338. The van der Waals surface area contributed by atoms with Crippen molar-refractivity contribution in [3.8, 4) is 0 Å². The van der Waals surface area contributed by atoms with Crippen LogP contribution in [0.5, 0.6) is 0 Å². The molecule has 0 radical (unpaired) electrons. The van der Waals surface area contributed by atoms with E-state index in [-0.39, 0.29) is 19.0 Å². The lowest BCUT2D eigenvalue weighted by atomic mass is 10.2. The van der Waals surface area contributed by atoms with Crippen LogP contribution in [0.4, 0.5) is 0 Å². The van der Waals surface area contributed by atoms with E-state index in [2.05, 4.69) is 0 Å². The van der Waals surface area contributed by atoms with Crippen molar-refractivity contribution in [3.05, 3.63) is 83.6 Å². The minimum atomic E-state index is -0.668. The lowest BCUT2D eigenvalue weighted by Gasteiger charge is -2.20. The molecule has 1 aliphatic rings. The Balaban J connectivity index is 1.61. The van der Waals surface area contributed by atoms with Crippen LogP contribution in [0.15, 0.2) is 72.5 Å². The van der Waals surface area contributed by atoms with E-state index in [1.165, 1.54) is 6.08 Å². The van der Waals surface area contributed by atoms with Crippen LogP contribution in [0.3, 0.4) is 0 Å². The Kier molecular flexibility index (Phi) is 5.56. The molecule has 3 rings (SSSR count). The second-order valence-corrected chi connectivity index (χ2v) is 5.52. The van der Waals surface area contributed by atoms with Gasteiger partial charge in [-0.15, -0.1) is 0 Å². The number of carbonyl (C=O) groups is 3. The summed E-state index contributed by atoms with van der Waals surface area (Å²) in [5.74, 6) is -1.68. The molecule has 1 unspecified atom stereocenters. The van der Waals surface area contributed by atoms with E-state index in [0.29, 0.717) is 11.1 Å². The molecule has 0 saturated heterocycles. The molecular formula is C20H16O6. The summed E-state index contributed by atoms with van der Waals surface area (Å²) in [6.07, 6.45) is 0.684. The highest BCUT2D eigenvalue weighted by molar-refractivity contribution is 6.00. The van der Waals surface area contributed by atoms with Gasteiger partial charge in [-0.1, -0.05) is 36.4 Å². The fraction of sp³-hybridized carbons (Fsp3) is 0.150. The maximum absolute atomic E-state index is 12.1. The van der Waals surface area contributed by atoms with Crippen molar-refractivity contribution >= 4 is 17.7 Å². The number of ether oxygens (including phenoxy) is 3. The quantitative estimate of drug-likeness (QED) is 0.770. The molecule has 0 fully saturated rings. The van der Waals surface area contributed by atoms with Crippen LogP contribution in [0.1, 0.15) is 20.7 Å². The zero-order valence-corrected chi connectivity index (χ0v) is 13.8. The summed E-state index contributed by atoms with van der Waals surface area (Å²) >= 11 is 0. The van der Waals surface area contributed by atoms with E-state index in [1.807, 2.05) is 0 Å². The third-order valence-corrected chi connectivity index (χ3v) is 3.64. The minimum absolute atomic E-state index is 0.0899. The van der Waals surface area contributed by atoms with Crippen LogP contribution in [0.25, 0.3) is 0 Å². The van der Waals surface area contributed by atoms with Crippen LogP contribution in [0.2, 0.25) is 0 Å². The maximum Gasteiger partial charge on any atom is 0.343 e. The van der Waals surface area contributed by atoms with Crippen molar-refractivity contribution in [2.45, 2.75) is 6.10 Å². The molecule has 0 N–H and O–H groups in total. The molecule has 0 aliphatic carbocycles. The topological polar surface area (TPSA) is 78.9 Å². The third-order valence-electron chi connectivity index (χ3n) is 3.64. The molecule has 0 amide bonds. The van der Waals surface area contributed by atoms with E-state index in [4.69, 9.17) is 14.2 Å². The highest BCUT2D eigenvalue weighted by Gasteiger charge is 2.26. The summed E-state index contributed by atoms with van der Waals surface area (Å²) in [5, 5.41) is 0. The van der Waals surface area contributed by atoms with Crippen molar-refractivity contribution in [3.63, 3.8) is 0 Å². The van der Waals surface area contributed by atoms with Gasteiger partial charge in [0.1, 0.15) is 19.3 Å². The predicted octanol–water partition coefficient (Wildman–Crippen LogP) is 2.55. The molecular weight excluding hydrogens is 336 g/mol. The highest BCUT2D eigenvalue weighted by Crippen LogP contribution is 2.15. The van der Waals surface area contributed by atoms with Gasteiger partial charge in [0.2, 0.25) is 5.78 Å². The molecule has 132 valence electrons. The van der Waals surface area contributed by atoms with Crippen molar-refractivity contribution in [2.75, 3.05) is 13.2 Å². The number of hydrogen-bond acceptors (Lipinski definition) is 6. The minimum Gasteiger partial charge on any atom is -0.459 e. The van der Waals surface area contributed by atoms with Gasteiger partial charge < -0.3 is 14.2 Å². The normalized spacial score (nSPS) is 16.5. The number of hydrogen-bond donors (Lipinski definition) is 0. The highest BCUT2D eigenvalue weighted by atomic mass is 16.6. The molecule has 2 aromatic rings. The Hall–Kier alpha value is -3.25. The number of Topliss-reactive ketones (excluding diaryl/α,β-unsaturated/α-hetero) is 1. The van der Waals surface area contributed by atoms with Crippen LogP contribution >= 0.6 is 0 Å². The number of benzene rings is 2.